The Balaban J connectivity index is 2.43. The molecule has 0 heterocycles. The van der Waals surface area contributed by atoms with E-state index in [1.54, 1.807) is 0 Å². The van der Waals surface area contributed by atoms with E-state index >= 15 is 0 Å². The third-order valence-electron chi connectivity index (χ3n) is 3.47. The fraction of sp³-hybridized carbons (Fsp3) is 0.294. The van der Waals surface area contributed by atoms with E-state index in [1.807, 2.05) is 68.7 Å². The van der Waals surface area contributed by atoms with Crippen molar-refractivity contribution in [1.29, 1.82) is 0 Å². The van der Waals surface area contributed by atoms with E-state index in [2.05, 4.69) is 4.90 Å². The van der Waals surface area contributed by atoms with Crippen molar-refractivity contribution >= 4 is 11.6 Å². The molecule has 0 radical (unpaired) electrons. The first kappa shape index (κ1) is 15.0. The minimum atomic E-state index is -1.02. The summed E-state index contributed by atoms with van der Waals surface area (Å²) in [6.45, 7) is 0.790. The molecule has 1 N–H and O–H groups in total. The van der Waals surface area contributed by atoms with Gasteiger partial charge in [0.1, 0.15) is 5.60 Å². The molecule has 0 spiro atoms. The Morgan fingerprint density at radius 1 is 1.00 bits per heavy atom. The standard InChI is InChI=1S/C17H20ClNO/c1-19(2)12-11-17(20,14-7-4-3-5-8-14)15-9-6-10-16(18)13-15/h3-10,13,20H,11-12H2,1-2H3. The van der Waals surface area contributed by atoms with E-state index in [0.29, 0.717) is 11.4 Å². The second-order valence-corrected chi connectivity index (χ2v) is 5.73. The van der Waals surface area contributed by atoms with Crippen LogP contribution in [0.1, 0.15) is 17.5 Å². The van der Waals surface area contributed by atoms with Crippen LogP contribution >= 0.6 is 11.6 Å². The lowest BCUT2D eigenvalue weighted by atomic mass is 9.83. The van der Waals surface area contributed by atoms with Crippen molar-refractivity contribution < 1.29 is 5.11 Å². The molecular weight excluding hydrogens is 270 g/mol. The molecule has 20 heavy (non-hydrogen) atoms. The summed E-state index contributed by atoms with van der Waals surface area (Å²) in [4.78, 5) is 2.07. The van der Waals surface area contributed by atoms with Gasteiger partial charge in [0.25, 0.3) is 0 Å². The molecule has 2 rings (SSSR count). The Hall–Kier alpha value is -1.35. The summed E-state index contributed by atoms with van der Waals surface area (Å²) in [6.07, 6.45) is 0.615. The van der Waals surface area contributed by atoms with Crippen molar-refractivity contribution in [2.45, 2.75) is 12.0 Å². The Kier molecular flexibility index (Phi) is 4.81. The first-order chi connectivity index (χ1) is 9.52. The van der Waals surface area contributed by atoms with Crippen LogP contribution < -0.4 is 0 Å². The number of hydrogen-bond donors (Lipinski definition) is 1. The lowest BCUT2D eigenvalue weighted by Crippen LogP contribution is -2.31. The van der Waals surface area contributed by atoms with Gasteiger partial charge in [0, 0.05) is 11.6 Å². The van der Waals surface area contributed by atoms with Gasteiger partial charge in [-0.1, -0.05) is 54.1 Å². The van der Waals surface area contributed by atoms with Gasteiger partial charge in [0.05, 0.1) is 0 Å². The summed E-state index contributed by atoms with van der Waals surface area (Å²) in [5.74, 6) is 0. The Morgan fingerprint density at radius 2 is 1.65 bits per heavy atom. The number of aliphatic hydroxyl groups is 1. The second kappa shape index (κ2) is 6.40. The minimum Gasteiger partial charge on any atom is -0.380 e. The van der Waals surface area contributed by atoms with Crippen LogP contribution in [0.25, 0.3) is 0 Å². The van der Waals surface area contributed by atoms with Crippen LogP contribution in [0, 0.1) is 0 Å². The van der Waals surface area contributed by atoms with Crippen LogP contribution in [0.5, 0.6) is 0 Å². The first-order valence-corrected chi connectivity index (χ1v) is 7.09. The average Bonchev–Trinajstić information content (AvgIpc) is 2.45. The highest BCUT2D eigenvalue weighted by atomic mass is 35.5. The lowest BCUT2D eigenvalue weighted by Gasteiger charge is -2.31. The van der Waals surface area contributed by atoms with Gasteiger partial charge in [-0.2, -0.15) is 0 Å². The molecule has 2 nitrogen and oxygen atoms in total. The van der Waals surface area contributed by atoms with Gasteiger partial charge in [-0.3, -0.25) is 0 Å². The fourth-order valence-electron chi connectivity index (χ4n) is 2.30. The number of rotatable bonds is 5. The van der Waals surface area contributed by atoms with Gasteiger partial charge >= 0.3 is 0 Å². The highest BCUT2D eigenvalue weighted by molar-refractivity contribution is 6.30. The highest BCUT2D eigenvalue weighted by Crippen LogP contribution is 2.34. The van der Waals surface area contributed by atoms with Crippen LogP contribution in [0.15, 0.2) is 54.6 Å². The largest absolute Gasteiger partial charge is 0.380 e. The summed E-state index contributed by atoms with van der Waals surface area (Å²) in [5, 5.41) is 11.9. The van der Waals surface area contributed by atoms with Crippen molar-refractivity contribution in [3.05, 3.63) is 70.7 Å². The molecule has 106 valence electrons. The van der Waals surface area contributed by atoms with Gasteiger partial charge < -0.3 is 10.0 Å². The van der Waals surface area contributed by atoms with Crippen molar-refractivity contribution in [2.24, 2.45) is 0 Å². The van der Waals surface area contributed by atoms with Crippen LogP contribution in [0.3, 0.4) is 0 Å². The van der Waals surface area contributed by atoms with E-state index in [0.717, 1.165) is 17.7 Å². The van der Waals surface area contributed by atoms with E-state index in [9.17, 15) is 5.11 Å². The molecule has 0 aliphatic carbocycles. The van der Waals surface area contributed by atoms with Crippen LogP contribution in [-0.2, 0) is 5.60 Å². The molecule has 0 amide bonds. The zero-order valence-electron chi connectivity index (χ0n) is 11.9. The molecule has 0 saturated carbocycles. The van der Waals surface area contributed by atoms with Crippen molar-refractivity contribution in [2.75, 3.05) is 20.6 Å². The Bertz CT molecular complexity index is 556. The molecule has 0 bridgehead atoms. The maximum Gasteiger partial charge on any atom is 0.116 e. The third-order valence-corrected chi connectivity index (χ3v) is 3.71. The third kappa shape index (κ3) is 3.40. The molecule has 0 fully saturated rings. The van der Waals surface area contributed by atoms with Crippen molar-refractivity contribution in [1.82, 2.24) is 4.90 Å². The summed E-state index contributed by atoms with van der Waals surface area (Å²) in [7, 11) is 4.01. The molecule has 3 heteroatoms. The molecule has 0 saturated heterocycles. The topological polar surface area (TPSA) is 23.5 Å². The van der Waals surface area contributed by atoms with Gasteiger partial charge in [-0.15, -0.1) is 0 Å². The van der Waals surface area contributed by atoms with Crippen LogP contribution in [-0.4, -0.2) is 30.6 Å². The number of hydrogen-bond acceptors (Lipinski definition) is 2. The molecule has 1 unspecified atom stereocenters. The summed E-state index contributed by atoms with van der Waals surface area (Å²) < 4.78 is 0. The molecular formula is C17H20ClNO. The van der Waals surface area contributed by atoms with E-state index < -0.39 is 5.60 Å². The van der Waals surface area contributed by atoms with Crippen molar-refractivity contribution in [3.8, 4) is 0 Å². The Morgan fingerprint density at radius 3 is 2.25 bits per heavy atom. The molecule has 1 atom stereocenters. The first-order valence-electron chi connectivity index (χ1n) is 6.71. The quantitative estimate of drug-likeness (QED) is 0.910. The maximum absolute atomic E-state index is 11.2. The normalized spacial score (nSPS) is 14.2. The van der Waals surface area contributed by atoms with Gasteiger partial charge in [-0.05, 0) is 43.8 Å². The molecule has 2 aromatic carbocycles. The monoisotopic (exact) mass is 289 g/mol. The van der Waals surface area contributed by atoms with E-state index in [1.165, 1.54) is 0 Å². The second-order valence-electron chi connectivity index (χ2n) is 5.29. The van der Waals surface area contributed by atoms with Crippen molar-refractivity contribution in [3.63, 3.8) is 0 Å². The predicted molar refractivity (Wildman–Crippen MR) is 84.1 cm³/mol. The van der Waals surface area contributed by atoms with Gasteiger partial charge in [0.2, 0.25) is 0 Å². The highest BCUT2D eigenvalue weighted by Gasteiger charge is 2.31. The van der Waals surface area contributed by atoms with Crippen LogP contribution in [0.2, 0.25) is 5.02 Å². The summed E-state index contributed by atoms with van der Waals surface area (Å²) in [5.41, 5.74) is 0.707. The molecule has 0 aromatic heterocycles. The van der Waals surface area contributed by atoms with Crippen LogP contribution in [0.4, 0.5) is 0 Å². The minimum absolute atomic E-state index is 0.615. The van der Waals surface area contributed by atoms with Gasteiger partial charge in [-0.25, -0.2) is 0 Å². The molecule has 2 aromatic rings. The maximum atomic E-state index is 11.2. The lowest BCUT2D eigenvalue weighted by molar-refractivity contribution is 0.0629. The SMILES string of the molecule is CN(C)CCC(O)(c1ccccc1)c1cccc(Cl)c1. The average molecular weight is 290 g/mol. The zero-order chi connectivity index (χ0) is 14.6. The molecule has 0 aliphatic heterocycles. The number of halogens is 1. The Labute approximate surface area is 125 Å². The van der Waals surface area contributed by atoms with Gasteiger partial charge in [0.15, 0.2) is 0 Å². The number of benzene rings is 2. The fourth-order valence-corrected chi connectivity index (χ4v) is 2.49. The van der Waals surface area contributed by atoms with E-state index in [4.69, 9.17) is 11.6 Å². The summed E-state index contributed by atoms with van der Waals surface area (Å²) in [6, 6.07) is 17.2. The van der Waals surface area contributed by atoms with E-state index in [-0.39, 0.29) is 0 Å². The summed E-state index contributed by atoms with van der Waals surface area (Å²) >= 11 is 6.08. The number of nitrogens with zero attached hydrogens (tertiary/aromatic N) is 1. The smallest absolute Gasteiger partial charge is 0.116 e. The predicted octanol–water partition coefficient (Wildman–Crippen LogP) is 3.53. The molecule has 0 aliphatic rings. The zero-order valence-corrected chi connectivity index (χ0v) is 12.6.